The fourth-order valence-electron chi connectivity index (χ4n) is 1.82. The molecule has 1 aromatic heterocycles. The van der Waals surface area contributed by atoms with E-state index >= 15 is 0 Å². The molecule has 0 saturated heterocycles. The maximum Gasteiger partial charge on any atom is 0.573 e. The number of pyridine rings is 1. The van der Waals surface area contributed by atoms with Crippen LogP contribution in [0.25, 0.3) is 0 Å². The Balaban J connectivity index is 2.25. The Labute approximate surface area is 117 Å². The standard InChI is InChI=1S/C14H10F3NO3/c15-14(16,17)21-10-4-1-3-9(7-10)8-12-11(13(19)20)5-2-6-18-12/h1-7H,8H2,(H,19,20). The highest BCUT2D eigenvalue weighted by atomic mass is 19.4. The van der Waals surface area contributed by atoms with Gasteiger partial charge in [-0.15, -0.1) is 13.2 Å². The molecule has 0 aliphatic rings. The molecule has 1 aromatic carbocycles. The van der Waals surface area contributed by atoms with Gasteiger partial charge >= 0.3 is 12.3 Å². The van der Waals surface area contributed by atoms with Crippen LogP contribution in [0, 0.1) is 0 Å². The van der Waals surface area contributed by atoms with E-state index in [0.29, 0.717) is 5.56 Å². The van der Waals surface area contributed by atoms with Crippen molar-refractivity contribution in [1.82, 2.24) is 4.98 Å². The Morgan fingerprint density at radius 3 is 2.67 bits per heavy atom. The number of rotatable bonds is 4. The maximum absolute atomic E-state index is 12.2. The van der Waals surface area contributed by atoms with E-state index < -0.39 is 12.3 Å². The van der Waals surface area contributed by atoms with Crippen molar-refractivity contribution in [3.63, 3.8) is 0 Å². The van der Waals surface area contributed by atoms with Gasteiger partial charge in [-0.2, -0.15) is 0 Å². The summed E-state index contributed by atoms with van der Waals surface area (Å²) in [4.78, 5) is 15.0. The summed E-state index contributed by atoms with van der Waals surface area (Å²) in [6.45, 7) is 0. The first-order valence-electron chi connectivity index (χ1n) is 5.87. The molecule has 2 aromatic rings. The van der Waals surface area contributed by atoms with E-state index in [2.05, 4.69) is 9.72 Å². The van der Waals surface area contributed by atoms with Crippen LogP contribution in [0.3, 0.4) is 0 Å². The van der Waals surface area contributed by atoms with Crippen LogP contribution in [0.2, 0.25) is 0 Å². The molecule has 110 valence electrons. The van der Waals surface area contributed by atoms with Crippen molar-refractivity contribution in [2.75, 3.05) is 0 Å². The number of alkyl halides is 3. The summed E-state index contributed by atoms with van der Waals surface area (Å²) in [5.74, 6) is -1.49. The van der Waals surface area contributed by atoms with Crippen molar-refractivity contribution < 1.29 is 27.8 Å². The molecule has 0 bridgehead atoms. The van der Waals surface area contributed by atoms with E-state index in [4.69, 9.17) is 5.11 Å². The monoisotopic (exact) mass is 297 g/mol. The second kappa shape index (κ2) is 5.82. The number of ether oxygens (including phenoxy) is 1. The van der Waals surface area contributed by atoms with Gasteiger partial charge in [-0.25, -0.2) is 4.79 Å². The number of nitrogens with zero attached hydrogens (tertiary/aromatic N) is 1. The number of hydrogen-bond acceptors (Lipinski definition) is 3. The first kappa shape index (κ1) is 14.8. The largest absolute Gasteiger partial charge is 0.573 e. The average molecular weight is 297 g/mol. The number of carbonyl (C=O) groups is 1. The zero-order valence-electron chi connectivity index (χ0n) is 10.6. The number of carboxylic acid groups (broad SMARTS) is 1. The molecule has 21 heavy (non-hydrogen) atoms. The van der Waals surface area contributed by atoms with Crippen molar-refractivity contribution >= 4 is 5.97 Å². The quantitative estimate of drug-likeness (QED) is 0.941. The summed E-state index contributed by atoms with van der Waals surface area (Å²) < 4.78 is 40.3. The zero-order chi connectivity index (χ0) is 15.5. The molecule has 0 saturated carbocycles. The molecule has 0 spiro atoms. The van der Waals surface area contributed by atoms with Gasteiger partial charge in [0.2, 0.25) is 0 Å². The second-order valence-corrected chi connectivity index (χ2v) is 4.17. The summed E-state index contributed by atoms with van der Waals surface area (Å²) >= 11 is 0. The Bertz CT molecular complexity index is 656. The maximum atomic E-state index is 12.2. The fraction of sp³-hybridized carbons (Fsp3) is 0.143. The Morgan fingerprint density at radius 1 is 1.24 bits per heavy atom. The van der Waals surface area contributed by atoms with Crippen molar-refractivity contribution in [3.05, 3.63) is 59.4 Å². The zero-order valence-corrected chi connectivity index (χ0v) is 10.6. The number of aromatic carboxylic acids is 1. The minimum Gasteiger partial charge on any atom is -0.478 e. The highest BCUT2D eigenvalue weighted by molar-refractivity contribution is 5.88. The first-order chi connectivity index (χ1) is 9.85. The number of halogens is 3. The van der Waals surface area contributed by atoms with Crippen LogP contribution in [0.5, 0.6) is 5.75 Å². The Kier molecular flexibility index (Phi) is 4.11. The minimum atomic E-state index is -4.77. The molecule has 1 heterocycles. The van der Waals surface area contributed by atoms with Crippen LogP contribution in [0.4, 0.5) is 13.2 Å². The van der Waals surface area contributed by atoms with Gasteiger partial charge in [-0.05, 0) is 29.8 Å². The molecular formula is C14H10F3NO3. The van der Waals surface area contributed by atoms with E-state index in [1.165, 1.54) is 36.5 Å². The van der Waals surface area contributed by atoms with Gasteiger partial charge in [-0.1, -0.05) is 12.1 Å². The second-order valence-electron chi connectivity index (χ2n) is 4.17. The van der Waals surface area contributed by atoms with Crippen molar-refractivity contribution in [2.24, 2.45) is 0 Å². The summed E-state index contributed by atoms with van der Waals surface area (Å²) in [5, 5.41) is 9.04. The minimum absolute atomic E-state index is 0.0136. The smallest absolute Gasteiger partial charge is 0.478 e. The molecule has 0 amide bonds. The first-order valence-corrected chi connectivity index (χ1v) is 5.87. The van der Waals surface area contributed by atoms with Crippen LogP contribution < -0.4 is 4.74 Å². The lowest BCUT2D eigenvalue weighted by Crippen LogP contribution is -2.17. The van der Waals surface area contributed by atoms with Crippen molar-refractivity contribution in [3.8, 4) is 5.75 Å². The van der Waals surface area contributed by atoms with Crippen LogP contribution in [0.1, 0.15) is 21.6 Å². The van der Waals surface area contributed by atoms with Gasteiger partial charge < -0.3 is 9.84 Å². The lowest BCUT2D eigenvalue weighted by molar-refractivity contribution is -0.274. The molecule has 7 heteroatoms. The van der Waals surface area contributed by atoms with Gasteiger partial charge in [0, 0.05) is 12.6 Å². The lowest BCUT2D eigenvalue weighted by atomic mass is 10.1. The van der Waals surface area contributed by atoms with E-state index in [1.807, 2.05) is 0 Å². The third kappa shape index (κ3) is 4.20. The summed E-state index contributed by atoms with van der Waals surface area (Å²) in [6.07, 6.45) is -3.24. The van der Waals surface area contributed by atoms with Gasteiger partial charge in [0.25, 0.3) is 0 Å². The summed E-state index contributed by atoms with van der Waals surface area (Å²) in [7, 11) is 0. The van der Waals surface area contributed by atoms with Crippen LogP contribution in [-0.2, 0) is 6.42 Å². The van der Waals surface area contributed by atoms with E-state index in [-0.39, 0.29) is 23.4 Å². The lowest BCUT2D eigenvalue weighted by Gasteiger charge is -2.10. The molecule has 0 aliphatic heterocycles. The third-order valence-corrected chi connectivity index (χ3v) is 2.62. The van der Waals surface area contributed by atoms with E-state index in [0.717, 1.165) is 0 Å². The van der Waals surface area contributed by atoms with Gasteiger partial charge in [-0.3, -0.25) is 4.98 Å². The molecule has 0 fully saturated rings. The molecule has 4 nitrogen and oxygen atoms in total. The molecule has 0 atom stereocenters. The molecular weight excluding hydrogens is 287 g/mol. The topological polar surface area (TPSA) is 59.4 Å². The Morgan fingerprint density at radius 2 is 2.00 bits per heavy atom. The normalized spacial score (nSPS) is 11.2. The van der Waals surface area contributed by atoms with Gasteiger partial charge in [0.05, 0.1) is 11.3 Å². The molecule has 0 radical (unpaired) electrons. The van der Waals surface area contributed by atoms with Crippen molar-refractivity contribution in [1.29, 1.82) is 0 Å². The van der Waals surface area contributed by atoms with Crippen LogP contribution >= 0.6 is 0 Å². The Hall–Kier alpha value is -2.57. The molecule has 1 N–H and O–H groups in total. The third-order valence-electron chi connectivity index (χ3n) is 2.62. The predicted molar refractivity (Wildman–Crippen MR) is 67.1 cm³/mol. The van der Waals surface area contributed by atoms with E-state index in [1.54, 1.807) is 6.07 Å². The van der Waals surface area contributed by atoms with Crippen molar-refractivity contribution in [2.45, 2.75) is 12.8 Å². The van der Waals surface area contributed by atoms with E-state index in [9.17, 15) is 18.0 Å². The van der Waals surface area contributed by atoms with Gasteiger partial charge in [0.15, 0.2) is 0 Å². The fourth-order valence-corrected chi connectivity index (χ4v) is 1.82. The van der Waals surface area contributed by atoms with Crippen LogP contribution in [-0.4, -0.2) is 22.4 Å². The number of hydrogen-bond donors (Lipinski definition) is 1. The highest BCUT2D eigenvalue weighted by Gasteiger charge is 2.31. The van der Waals surface area contributed by atoms with Gasteiger partial charge in [0.1, 0.15) is 5.75 Å². The SMILES string of the molecule is O=C(O)c1cccnc1Cc1cccc(OC(F)(F)F)c1. The molecule has 2 rings (SSSR count). The number of benzene rings is 1. The number of aromatic nitrogens is 1. The number of carboxylic acids is 1. The highest BCUT2D eigenvalue weighted by Crippen LogP contribution is 2.24. The summed E-state index contributed by atoms with van der Waals surface area (Å²) in [6, 6.07) is 8.22. The predicted octanol–water partition coefficient (Wildman–Crippen LogP) is 3.27. The summed E-state index contributed by atoms with van der Waals surface area (Å²) in [5.41, 5.74) is 0.756. The van der Waals surface area contributed by atoms with Crippen LogP contribution in [0.15, 0.2) is 42.6 Å². The molecule has 0 aliphatic carbocycles. The molecule has 0 unspecified atom stereocenters. The average Bonchev–Trinajstić information content (AvgIpc) is 2.37.